The fourth-order valence-corrected chi connectivity index (χ4v) is 5.77. The lowest BCUT2D eigenvalue weighted by atomic mass is 9.84. The Labute approximate surface area is 141 Å². The maximum atomic E-state index is 12.7. The molecule has 2 aliphatic carbocycles. The topological polar surface area (TPSA) is 98.5 Å². The second kappa shape index (κ2) is 6.33. The lowest BCUT2D eigenvalue weighted by Crippen LogP contribution is -2.40. The SMILES string of the molecule is COc1ccc([N+](=O)[O-])cc1S(=O)(=O)NC(C)C1CC2CCC1C2. The van der Waals surface area contributed by atoms with Crippen LogP contribution in [0.15, 0.2) is 23.1 Å². The number of non-ortho nitro benzene ring substituents is 1. The lowest BCUT2D eigenvalue weighted by molar-refractivity contribution is -0.385. The van der Waals surface area contributed by atoms with Crippen molar-refractivity contribution >= 4 is 15.7 Å². The smallest absolute Gasteiger partial charge is 0.271 e. The van der Waals surface area contributed by atoms with Gasteiger partial charge in [0.25, 0.3) is 5.69 Å². The molecule has 0 saturated heterocycles. The molecule has 132 valence electrons. The highest BCUT2D eigenvalue weighted by Crippen LogP contribution is 2.49. The van der Waals surface area contributed by atoms with Gasteiger partial charge in [0.2, 0.25) is 10.0 Å². The quantitative estimate of drug-likeness (QED) is 0.625. The van der Waals surface area contributed by atoms with E-state index in [-0.39, 0.29) is 22.4 Å². The average Bonchev–Trinajstić information content (AvgIpc) is 3.16. The molecule has 0 aromatic heterocycles. The molecule has 8 heteroatoms. The third kappa shape index (κ3) is 3.12. The van der Waals surface area contributed by atoms with Crippen LogP contribution in [0, 0.1) is 27.9 Å². The summed E-state index contributed by atoms with van der Waals surface area (Å²) >= 11 is 0. The first-order valence-corrected chi connectivity index (χ1v) is 9.65. The second-order valence-corrected chi connectivity index (χ2v) is 8.52. The molecule has 2 fully saturated rings. The van der Waals surface area contributed by atoms with Gasteiger partial charge in [0, 0.05) is 18.2 Å². The summed E-state index contributed by atoms with van der Waals surface area (Å²) in [6, 6.07) is 3.40. The summed E-state index contributed by atoms with van der Waals surface area (Å²) in [7, 11) is -2.55. The predicted octanol–water partition coefficient (Wildman–Crippen LogP) is 2.71. The van der Waals surface area contributed by atoms with Crippen molar-refractivity contribution < 1.29 is 18.1 Å². The van der Waals surface area contributed by atoms with Crippen molar-refractivity contribution in [1.82, 2.24) is 4.72 Å². The van der Waals surface area contributed by atoms with Gasteiger partial charge in [-0.15, -0.1) is 0 Å². The van der Waals surface area contributed by atoms with Gasteiger partial charge in [-0.1, -0.05) is 6.42 Å². The van der Waals surface area contributed by atoms with E-state index < -0.39 is 14.9 Å². The van der Waals surface area contributed by atoms with E-state index in [2.05, 4.69) is 4.72 Å². The van der Waals surface area contributed by atoms with Crippen LogP contribution in [0.4, 0.5) is 5.69 Å². The zero-order chi connectivity index (χ0) is 17.5. The Morgan fingerprint density at radius 1 is 1.33 bits per heavy atom. The fraction of sp³-hybridized carbons (Fsp3) is 0.625. The Kier molecular flexibility index (Phi) is 4.52. The number of rotatable bonds is 6. The molecule has 1 aromatic carbocycles. The predicted molar refractivity (Wildman–Crippen MR) is 88.4 cm³/mol. The van der Waals surface area contributed by atoms with Crippen LogP contribution in [0.25, 0.3) is 0 Å². The molecule has 0 radical (unpaired) electrons. The Morgan fingerprint density at radius 2 is 2.08 bits per heavy atom. The molecule has 2 bridgehead atoms. The van der Waals surface area contributed by atoms with Crippen LogP contribution >= 0.6 is 0 Å². The highest BCUT2D eigenvalue weighted by atomic mass is 32.2. The summed E-state index contributed by atoms with van der Waals surface area (Å²) < 4.78 is 33.3. The molecule has 0 amide bonds. The fourth-order valence-electron chi connectivity index (χ4n) is 4.29. The zero-order valence-corrected chi connectivity index (χ0v) is 14.6. The van der Waals surface area contributed by atoms with Crippen molar-refractivity contribution in [2.45, 2.75) is 43.5 Å². The van der Waals surface area contributed by atoms with Crippen LogP contribution in [-0.4, -0.2) is 26.5 Å². The second-order valence-electron chi connectivity index (χ2n) is 6.84. The molecule has 0 aliphatic heterocycles. The minimum Gasteiger partial charge on any atom is -0.495 e. The van der Waals surface area contributed by atoms with Crippen molar-refractivity contribution in [3.63, 3.8) is 0 Å². The number of ether oxygens (including phenoxy) is 1. The number of benzene rings is 1. The number of methoxy groups -OCH3 is 1. The molecule has 4 unspecified atom stereocenters. The summed E-state index contributed by atoms with van der Waals surface area (Å²) in [6.07, 6.45) is 4.66. The van der Waals surface area contributed by atoms with Crippen LogP contribution in [0.5, 0.6) is 5.75 Å². The molecule has 0 heterocycles. The number of fused-ring (bicyclic) bond motifs is 2. The van der Waals surface area contributed by atoms with E-state index in [1.807, 2.05) is 6.92 Å². The highest BCUT2D eigenvalue weighted by molar-refractivity contribution is 7.89. The van der Waals surface area contributed by atoms with Gasteiger partial charge in [-0.05, 0) is 50.0 Å². The number of hydrogen-bond acceptors (Lipinski definition) is 5. The van der Waals surface area contributed by atoms with Crippen molar-refractivity contribution in [2.24, 2.45) is 17.8 Å². The molecule has 4 atom stereocenters. The molecular formula is C16H22N2O5S. The number of hydrogen-bond donors (Lipinski definition) is 1. The molecule has 1 aromatic rings. The van der Waals surface area contributed by atoms with E-state index in [9.17, 15) is 18.5 Å². The first-order chi connectivity index (χ1) is 11.3. The minimum absolute atomic E-state index is 0.105. The highest BCUT2D eigenvalue weighted by Gasteiger charge is 2.43. The molecule has 0 spiro atoms. The molecule has 3 rings (SSSR count). The van der Waals surface area contributed by atoms with Gasteiger partial charge >= 0.3 is 0 Å². The van der Waals surface area contributed by atoms with Gasteiger partial charge in [-0.2, -0.15) is 0 Å². The number of sulfonamides is 1. The first kappa shape index (κ1) is 17.2. The van der Waals surface area contributed by atoms with Crippen LogP contribution in [-0.2, 0) is 10.0 Å². The monoisotopic (exact) mass is 354 g/mol. The Morgan fingerprint density at radius 3 is 2.62 bits per heavy atom. The number of nitro groups is 1. The summed E-state index contributed by atoms with van der Waals surface area (Å²) in [4.78, 5) is 10.1. The van der Waals surface area contributed by atoms with E-state index >= 15 is 0 Å². The molecule has 24 heavy (non-hydrogen) atoms. The average molecular weight is 354 g/mol. The summed E-state index contributed by atoms with van der Waals surface area (Å²) in [5.41, 5.74) is -0.274. The van der Waals surface area contributed by atoms with Gasteiger partial charge < -0.3 is 4.74 Å². The summed E-state index contributed by atoms with van der Waals surface area (Å²) in [5.74, 6) is 1.75. The molecule has 2 aliphatic rings. The van der Waals surface area contributed by atoms with E-state index in [4.69, 9.17) is 4.74 Å². The maximum absolute atomic E-state index is 12.7. The van der Waals surface area contributed by atoms with E-state index in [1.54, 1.807) is 0 Å². The largest absolute Gasteiger partial charge is 0.495 e. The van der Waals surface area contributed by atoms with Gasteiger partial charge in [0.15, 0.2) is 0 Å². The van der Waals surface area contributed by atoms with Gasteiger partial charge in [0.1, 0.15) is 10.6 Å². The zero-order valence-electron chi connectivity index (χ0n) is 13.8. The number of nitrogens with zero attached hydrogens (tertiary/aromatic N) is 1. The van der Waals surface area contributed by atoms with Crippen molar-refractivity contribution in [1.29, 1.82) is 0 Å². The van der Waals surface area contributed by atoms with Gasteiger partial charge in [-0.25, -0.2) is 13.1 Å². The van der Waals surface area contributed by atoms with Crippen LogP contribution < -0.4 is 9.46 Å². The summed E-state index contributed by atoms with van der Waals surface area (Å²) in [5, 5.41) is 10.9. The normalized spacial score (nSPS) is 27.2. The molecule has 2 saturated carbocycles. The van der Waals surface area contributed by atoms with E-state index in [1.165, 1.54) is 38.5 Å². The van der Waals surface area contributed by atoms with Crippen LogP contribution in [0.1, 0.15) is 32.6 Å². The third-order valence-corrected chi connectivity index (χ3v) is 7.00. The standard InChI is InChI=1S/C16H22N2O5S/c1-10(14-8-11-3-4-12(14)7-11)17-24(21,22)16-9-13(18(19)20)5-6-15(16)23-2/h5-6,9-12,14,17H,3-4,7-8H2,1-2H3. The minimum atomic E-state index is -3.89. The number of nitro benzene ring substituents is 1. The molecular weight excluding hydrogens is 332 g/mol. The molecule has 7 nitrogen and oxygen atoms in total. The number of nitrogens with one attached hydrogen (secondary N) is 1. The Hall–Kier alpha value is -1.67. The van der Waals surface area contributed by atoms with Gasteiger partial charge in [0.05, 0.1) is 12.0 Å². The maximum Gasteiger partial charge on any atom is 0.271 e. The van der Waals surface area contributed by atoms with E-state index in [0.717, 1.165) is 18.4 Å². The molecule has 1 N–H and O–H groups in total. The van der Waals surface area contributed by atoms with Crippen molar-refractivity contribution in [3.05, 3.63) is 28.3 Å². The van der Waals surface area contributed by atoms with Crippen molar-refractivity contribution in [3.8, 4) is 5.75 Å². The third-order valence-electron chi connectivity index (χ3n) is 5.42. The first-order valence-electron chi connectivity index (χ1n) is 8.16. The summed E-state index contributed by atoms with van der Waals surface area (Å²) in [6.45, 7) is 1.88. The van der Waals surface area contributed by atoms with Crippen molar-refractivity contribution in [2.75, 3.05) is 7.11 Å². The lowest BCUT2D eigenvalue weighted by Gasteiger charge is -2.28. The van der Waals surface area contributed by atoms with E-state index in [0.29, 0.717) is 11.8 Å². The van der Waals surface area contributed by atoms with Gasteiger partial charge in [-0.3, -0.25) is 10.1 Å². The Balaban J connectivity index is 1.84. The Bertz CT molecular complexity index is 749. The van der Waals surface area contributed by atoms with Crippen LogP contribution in [0.2, 0.25) is 0 Å². The van der Waals surface area contributed by atoms with Crippen LogP contribution in [0.3, 0.4) is 0 Å².